The first kappa shape index (κ1) is 11.7. The summed E-state index contributed by atoms with van der Waals surface area (Å²) in [5.41, 5.74) is 2.61. The average Bonchev–Trinajstić information content (AvgIpc) is 3.02. The Morgan fingerprint density at radius 3 is 3.11 bits per heavy atom. The normalized spacial score (nSPS) is 23.4. The zero-order chi connectivity index (χ0) is 12.4. The SMILES string of the molecule is Cc1cccc(C2(Cn3cncn3)NCCS2)c1. The molecule has 1 aromatic carbocycles. The van der Waals surface area contributed by atoms with Crippen molar-refractivity contribution in [3.05, 3.63) is 48.0 Å². The van der Waals surface area contributed by atoms with Crippen LogP contribution in [0.15, 0.2) is 36.9 Å². The lowest BCUT2D eigenvalue weighted by Crippen LogP contribution is -2.39. The summed E-state index contributed by atoms with van der Waals surface area (Å²) in [4.78, 5) is 3.95. The molecule has 0 radical (unpaired) electrons. The first-order valence-corrected chi connectivity index (χ1v) is 7.06. The fourth-order valence-corrected chi connectivity index (χ4v) is 3.62. The van der Waals surface area contributed by atoms with Gasteiger partial charge in [-0.2, -0.15) is 5.10 Å². The van der Waals surface area contributed by atoms with E-state index in [0.29, 0.717) is 0 Å². The van der Waals surface area contributed by atoms with Crippen molar-refractivity contribution in [1.82, 2.24) is 20.1 Å². The molecule has 1 aliphatic rings. The first-order valence-electron chi connectivity index (χ1n) is 6.07. The quantitative estimate of drug-likeness (QED) is 0.913. The molecule has 4 nitrogen and oxygen atoms in total. The summed E-state index contributed by atoms with van der Waals surface area (Å²) in [7, 11) is 0. The average molecular weight is 260 g/mol. The highest BCUT2D eigenvalue weighted by molar-refractivity contribution is 8.00. The van der Waals surface area contributed by atoms with Crippen molar-refractivity contribution >= 4 is 11.8 Å². The van der Waals surface area contributed by atoms with Gasteiger partial charge in [0, 0.05) is 12.3 Å². The van der Waals surface area contributed by atoms with Gasteiger partial charge in [0.2, 0.25) is 0 Å². The van der Waals surface area contributed by atoms with E-state index in [2.05, 4.69) is 46.6 Å². The van der Waals surface area contributed by atoms with E-state index in [4.69, 9.17) is 0 Å². The number of thioether (sulfide) groups is 1. The molecule has 1 aromatic heterocycles. The first-order chi connectivity index (χ1) is 8.78. The molecule has 1 atom stereocenters. The van der Waals surface area contributed by atoms with Crippen molar-refractivity contribution in [2.24, 2.45) is 0 Å². The Kier molecular flexibility index (Phi) is 3.09. The van der Waals surface area contributed by atoms with Gasteiger partial charge >= 0.3 is 0 Å². The monoisotopic (exact) mass is 260 g/mol. The molecule has 1 unspecified atom stereocenters. The van der Waals surface area contributed by atoms with E-state index in [0.717, 1.165) is 18.8 Å². The van der Waals surface area contributed by atoms with Crippen LogP contribution in [0.4, 0.5) is 0 Å². The molecule has 1 saturated heterocycles. The third-order valence-corrected chi connectivity index (χ3v) is 4.61. The lowest BCUT2D eigenvalue weighted by Gasteiger charge is -2.29. The zero-order valence-electron chi connectivity index (χ0n) is 10.3. The largest absolute Gasteiger partial charge is 0.297 e. The van der Waals surface area contributed by atoms with E-state index in [1.54, 1.807) is 12.7 Å². The number of nitrogens with one attached hydrogen (secondary N) is 1. The molecule has 3 rings (SSSR count). The second-order valence-corrected chi connectivity index (χ2v) is 5.96. The lowest BCUT2D eigenvalue weighted by molar-refractivity contribution is 0.421. The Balaban J connectivity index is 1.96. The van der Waals surface area contributed by atoms with Gasteiger partial charge in [-0.05, 0) is 12.5 Å². The van der Waals surface area contributed by atoms with E-state index >= 15 is 0 Å². The summed E-state index contributed by atoms with van der Waals surface area (Å²) in [5, 5.41) is 7.85. The van der Waals surface area contributed by atoms with Crippen LogP contribution in [0, 0.1) is 6.92 Å². The molecule has 1 aliphatic heterocycles. The van der Waals surface area contributed by atoms with Gasteiger partial charge in [-0.3, -0.25) is 5.32 Å². The number of hydrogen-bond acceptors (Lipinski definition) is 4. The van der Waals surface area contributed by atoms with Gasteiger partial charge in [-0.15, -0.1) is 11.8 Å². The van der Waals surface area contributed by atoms with Crippen molar-refractivity contribution in [3.63, 3.8) is 0 Å². The topological polar surface area (TPSA) is 42.7 Å². The van der Waals surface area contributed by atoms with Gasteiger partial charge in [0.05, 0.1) is 6.54 Å². The summed E-state index contributed by atoms with van der Waals surface area (Å²) >= 11 is 1.95. The van der Waals surface area contributed by atoms with E-state index in [1.165, 1.54) is 11.1 Å². The highest BCUT2D eigenvalue weighted by Gasteiger charge is 2.36. The molecule has 0 amide bonds. The maximum absolute atomic E-state index is 4.22. The minimum absolute atomic E-state index is 0.0697. The fraction of sp³-hybridized carbons (Fsp3) is 0.385. The maximum atomic E-state index is 4.22. The molecule has 1 N–H and O–H groups in total. The Morgan fingerprint density at radius 1 is 1.50 bits per heavy atom. The van der Waals surface area contributed by atoms with E-state index < -0.39 is 0 Å². The van der Waals surface area contributed by atoms with Crippen LogP contribution in [0.25, 0.3) is 0 Å². The predicted octanol–water partition coefficient (Wildman–Crippen LogP) is 1.78. The van der Waals surface area contributed by atoms with Gasteiger partial charge < -0.3 is 0 Å². The molecular formula is C13H16N4S. The third kappa shape index (κ3) is 2.15. The summed E-state index contributed by atoms with van der Waals surface area (Å²) in [6.45, 7) is 3.97. The summed E-state index contributed by atoms with van der Waals surface area (Å²) in [6.07, 6.45) is 3.36. The van der Waals surface area contributed by atoms with Crippen molar-refractivity contribution in [1.29, 1.82) is 0 Å². The van der Waals surface area contributed by atoms with Gasteiger partial charge in [-0.25, -0.2) is 9.67 Å². The molecule has 2 heterocycles. The second-order valence-electron chi connectivity index (χ2n) is 4.56. The predicted molar refractivity (Wildman–Crippen MR) is 73.3 cm³/mol. The number of hydrogen-bond donors (Lipinski definition) is 1. The number of nitrogens with zero attached hydrogens (tertiary/aromatic N) is 3. The van der Waals surface area contributed by atoms with Crippen LogP contribution in [0.1, 0.15) is 11.1 Å². The van der Waals surface area contributed by atoms with Gasteiger partial charge in [0.25, 0.3) is 0 Å². The van der Waals surface area contributed by atoms with E-state index in [-0.39, 0.29) is 4.87 Å². The van der Waals surface area contributed by atoms with Crippen LogP contribution in [0.5, 0.6) is 0 Å². The van der Waals surface area contributed by atoms with Crippen LogP contribution < -0.4 is 5.32 Å². The van der Waals surface area contributed by atoms with Crippen molar-refractivity contribution in [3.8, 4) is 0 Å². The number of rotatable bonds is 3. The molecule has 0 aliphatic carbocycles. The van der Waals surface area contributed by atoms with Crippen LogP contribution in [0.3, 0.4) is 0 Å². The van der Waals surface area contributed by atoms with Gasteiger partial charge in [0.15, 0.2) is 0 Å². The zero-order valence-corrected chi connectivity index (χ0v) is 11.2. The Labute approximate surface area is 111 Å². The Morgan fingerprint density at radius 2 is 2.44 bits per heavy atom. The summed E-state index contributed by atoms with van der Waals surface area (Å²) in [5.74, 6) is 1.13. The van der Waals surface area contributed by atoms with E-state index in [9.17, 15) is 0 Å². The summed E-state index contributed by atoms with van der Waals surface area (Å²) < 4.78 is 1.90. The maximum Gasteiger partial charge on any atom is 0.137 e. The molecule has 94 valence electrons. The lowest BCUT2D eigenvalue weighted by atomic mass is 10.0. The van der Waals surface area contributed by atoms with Crippen molar-refractivity contribution < 1.29 is 0 Å². The number of benzene rings is 1. The van der Waals surface area contributed by atoms with Gasteiger partial charge in [0.1, 0.15) is 17.5 Å². The van der Waals surface area contributed by atoms with Crippen LogP contribution in [-0.4, -0.2) is 27.1 Å². The van der Waals surface area contributed by atoms with Crippen molar-refractivity contribution in [2.45, 2.75) is 18.3 Å². The van der Waals surface area contributed by atoms with Crippen LogP contribution >= 0.6 is 11.8 Å². The molecule has 0 saturated carbocycles. The van der Waals surface area contributed by atoms with Crippen molar-refractivity contribution in [2.75, 3.05) is 12.3 Å². The smallest absolute Gasteiger partial charge is 0.137 e. The van der Waals surface area contributed by atoms with E-state index in [1.807, 2.05) is 16.4 Å². The standard InChI is InChI=1S/C13H16N4S/c1-11-3-2-4-12(7-11)13(15-5-6-18-13)8-17-10-14-9-16-17/h2-4,7,9-10,15H,5-6,8H2,1H3. The Bertz CT molecular complexity index is 518. The molecule has 5 heteroatoms. The molecule has 0 spiro atoms. The van der Waals surface area contributed by atoms with Crippen LogP contribution in [0.2, 0.25) is 0 Å². The second kappa shape index (κ2) is 4.74. The highest BCUT2D eigenvalue weighted by atomic mass is 32.2. The minimum atomic E-state index is -0.0697. The highest BCUT2D eigenvalue weighted by Crippen LogP contribution is 2.39. The molecule has 0 bridgehead atoms. The molecule has 2 aromatic rings. The molecule has 1 fully saturated rings. The number of aromatic nitrogens is 3. The fourth-order valence-electron chi connectivity index (χ4n) is 2.35. The minimum Gasteiger partial charge on any atom is -0.297 e. The van der Waals surface area contributed by atoms with Gasteiger partial charge in [-0.1, -0.05) is 29.8 Å². The molecule has 18 heavy (non-hydrogen) atoms. The third-order valence-electron chi connectivity index (χ3n) is 3.20. The number of aryl methyl sites for hydroxylation is 1. The Hall–Kier alpha value is -1.33. The molecular weight excluding hydrogens is 244 g/mol. The summed E-state index contributed by atoms with van der Waals surface area (Å²) in [6, 6.07) is 8.69. The van der Waals surface area contributed by atoms with Crippen LogP contribution in [-0.2, 0) is 11.4 Å².